The summed E-state index contributed by atoms with van der Waals surface area (Å²) in [4.78, 5) is 30.0. The molecule has 0 spiro atoms. The van der Waals surface area contributed by atoms with Gasteiger partial charge in [0, 0.05) is 12.4 Å². The van der Waals surface area contributed by atoms with Crippen molar-refractivity contribution in [1.29, 1.82) is 0 Å². The zero-order valence-electron chi connectivity index (χ0n) is 10.5. The molecule has 0 aliphatic rings. The van der Waals surface area contributed by atoms with E-state index in [-0.39, 0.29) is 17.2 Å². The maximum Gasteiger partial charge on any atom is 0.356 e. The third-order valence-corrected chi connectivity index (χ3v) is 2.22. The van der Waals surface area contributed by atoms with Gasteiger partial charge in [0.05, 0.1) is 6.20 Å². The largest absolute Gasteiger partial charge is 0.476 e. The molecule has 0 unspecified atom stereocenters. The average Bonchev–Trinajstić information content (AvgIpc) is 2.53. The number of rotatable bonds is 4. The molecule has 2 rings (SSSR count). The van der Waals surface area contributed by atoms with Crippen LogP contribution in [0.3, 0.4) is 0 Å². The molecule has 2 aromatic rings. The van der Waals surface area contributed by atoms with E-state index in [0.717, 1.165) is 6.07 Å². The van der Waals surface area contributed by atoms with E-state index in [0.29, 0.717) is 5.69 Å². The lowest BCUT2D eigenvalue weighted by Crippen LogP contribution is -2.25. The minimum Gasteiger partial charge on any atom is -0.476 e. The van der Waals surface area contributed by atoms with Gasteiger partial charge in [0.2, 0.25) is 0 Å². The Morgan fingerprint density at radius 1 is 1.14 bits per heavy atom. The van der Waals surface area contributed by atoms with Crippen LogP contribution in [0.15, 0.2) is 35.8 Å². The summed E-state index contributed by atoms with van der Waals surface area (Å²) >= 11 is 0. The second kappa shape index (κ2) is 6.14. The summed E-state index contributed by atoms with van der Waals surface area (Å²) < 4.78 is 0. The topological polar surface area (TPSA) is 156 Å². The van der Waals surface area contributed by atoms with Gasteiger partial charge in [0.1, 0.15) is 5.69 Å². The van der Waals surface area contributed by atoms with E-state index in [4.69, 9.17) is 10.8 Å². The number of aromatic nitrogens is 4. The number of nitrogens with two attached hydrogens (primary N) is 1. The molecule has 0 radical (unpaired) electrons. The van der Waals surface area contributed by atoms with Crippen LogP contribution in [0.2, 0.25) is 0 Å². The van der Waals surface area contributed by atoms with Gasteiger partial charge in [-0.25, -0.2) is 15.2 Å². The molecule has 0 aromatic carbocycles. The predicted molar refractivity (Wildman–Crippen MR) is 69.2 cm³/mol. The van der Waals surface area contributed by atoms with E-state index in [1.807, 2.05) is 0 Å². The first-order chi connectivity index (χ1) is 10.1. The lowest BCUT2D eigenvalue weighted by molar-refractivity contribution is 0.0688. The van der Waals surface area contributed by atoms with Crippen LogP contribution in [-0.4, -0.2) is 43.0 Å². The van der Waals surface area contributed by atoms with Gasteiger partial charge in [0.15, 0.2) is 17.2 Å². The lowest BCUT2D eigenvalue weighted by Gasteiger charge is -2.01. The van der Waals surface area contributed by atoms with E-state index in [9.17, 15) is 9.59 Å². The SMILES string of the molecule is N/C(=N\NC(=O)c1ccc(C(=O)O)nn1)c1cnccn1. The number of amidine groups is 1. The van der Waals surface area contributed by atoms with Crippen molar-refractivity contribution in [3.8, 4) is 0 Å². The molecule has 106 valence electrons. The zero-order chi connectivity index (χ0) is 15.2. The molecule has 0 atom stereocenters. The number of carbonyl (C=O) groups excluding carboxylic acids is 1. The van der Waals surface area contributed by atoms with Gasteiger partial charge in [-0.05, 0) is 12.1 Å². The van der Waals surface area contributed by atoms with Gasteiger partial charge in [-0.2, -0.15) is 5.10 Å². The van der Waals surface area contributed by atoms with Crippen LogP contribution in [0.25, 0.3) is 0 Å². The highest BCUT2D eigenvalue weighted by Crippen LogP contribution is 1.97. The molecule has 4 N–H and O–H groups in total. The first kappa shape index (κ1) is 14.0. The highest BCUT2D eigenvalue weighted by Gasteiger charge is 2.10. The minimum atomic E-state index is -1.24. The van der Waals surface area contributed by atoms with Crippen molar-refractivity contribution in [2.24, 2.45) is 10.8 Å². The Morgan fingerprint density at radius 3 is 2.43 bits per heavy atom. The van der Waals surface area contributed by atoms with E-state index >= 15 is 0 Å². The Morgan fingerprint density at radius 2 is 1.86 bits per heavy atom. The van der Waals surface area contributed by atoms with Crippen LogP contribution in [-0.2, 0) is 0 Å². The molecule has 2 heterocycles. The van der Waals surface area contributed by atoms with E-state index in [2.05, 4.69) is 30.7 Å². The molecular weight excluding hydrogens is 278 g/mol. The smallest absolute Gasteiger partial charge is 0.356 e. The van der Waals surface area contributed by atoms with E-state index in [1.165, 1.54) is 24.7 Å². The maximum atomic E-state index is 11.7. The molecule has 1 amide bonds. The Balaban J connectivity index is 2.06. The Bertz CT molecular complexity index is 685. The van der Waals surface area contributed by atoms with Gasteiger partial charge >= 0.3 is 5.97 Å². The molecule has 0 saturated heterocycles. The highest BCUT2D eigenvalue weighted by molar-refractivity contribution is 5.98. The summed E-state index contributed by atoms with van der Waals surface area (Å²) in [6, 6.07) is 2.36. The molecular formula is C11H9N7O3. The molecule has 0 fully saturated rings. The maximum absolute atomic E-state index is 11.7. The number of nitrogens with zero attached hydrogens (tertiary/aromatic N) is 5. The second-order valence-electron chi connectivity index (χ2n) is 3.64. The number of amides is 1. The van der Waals surface area contributed by atoms with Crippen LogP contribution >= 0.6 is 0 Å². The molecule has 2 aromatic heterocycles. The summed E-state index contributed by atoms with van der Waals surface area (Å²) in [5.41, 5.74) is 7.68. The fourth-order valence-corrected chi connectivity index (χ4v) is 1.22. The van der Waals surface area contributed by atoms with Crippen LogP contribution in [0.1, 0.15) is 26.7 Å². The van der Waals surface area contributed by atoms with Crippen molar-refractivity contribution in [1.82, 2.24) is 25.6 Å². The number of carboxylic acids is 1. The Hall–Kier alpha value is -3.43. The summed E-state index contributed by atoms with van der Waals surface area (Å²) in [5.74, 6) is -1.96. The van der Waals surface area contributed by atoms with E-state index < -0.39 is 11.9 Å². The normalized spacial score (nSPS) is 11.0. The van der Waals surface area contributed by atoms with Gasteiger partial charge in [-0.15, -0.1) is 10.2 Å². The third kappa shape index (κ3) is 3.53. The molecule has 10 heteroatoms. The van der Waals surface area contributed by atoms with Gasteiger partial charge in [-0.3, -0.25) is 9.78 Å². The number of nitrogens with one attached hydrogen (secondary N) is 1. The molecule has 21 heavy (non-hydrogen) atoms. The first-order valence-electron chi connectivity index (χ1n) is 5.55. The molecule has 0 aliphatic carbocycles. The number of hydrogen-bond acceptors (Lipinski definition) is 7. The molecule has 10 nitrogen and oxygen atoms in total. The summed E-state index contributed by atoms with van der Waals surface area (Å²) in [6.07, 6.45) is 4.27. The number of carboxylic acid groups (broad SMARTS) is 1. The Labute approximate surface area is 117 Å². The molecule has 0 saturated carbocycles. The Kier molecular flexibility index (Phi) is 4.09. The van der Waals surface area contributed by atoms with Crippen LogP contribution in [0.4, 0.5) is 0 Å². The van der Waals surface area contributed by atoms with Gasteiger partial charge in [0.25, 0.3) is 5.91 Å². The number of aromatic carboxylic acids is 1. The van der Waals surface area contributed by atoms with Crippen LogP contribution < -0.4 is 11.2 Å². The molecule has 0 bridgehead atoms. The summed E-state index contributed by atoms with van der Waals surface area (Å²) in [5, 5.41) is 19.1. The average molecular weight is 287 g/mol. The van der Waals surface area contributed by atoms with E-state index in [1.54, 1.807) is 0 Å². The summed E-state index contributed by atoms with van der Waals surface area (Å²) in [6.45, 7) is 0. The number of carbonyl (C=O) groups is 2. The molecule has 0 aliphatic heterocycles. The zero-order valence-corrected chi connectivity index (χ0v) is 10.5. The van der Waals surface area contributed by atoms with Crippen molar-refractivity contribution < 1.29 is 14.7 Å². The number of hydrazone groups is 1. The van der Waals surface area contributed by atoms with Gasteiger partial charge in [-0.1, -0.05) is 0 Å². The van der Waals surface area contributed by atoms with Crippen molar-refractivity contribution in [2.45, 2.75) is 0 Å². The van der Waals surface area contributed by atoms with Crippen molar-refractivity contribution >= 4 is 17.7 Å². The predicted octanol–water partition coefficient (Wildman–Crippen LogP) is -0.985. The van der Waals surface area contributed by atoms with Crippen molar-refractivity contribution in [2.75, 3.05) is 0 Å². The highest BCUT2D eigenvalue weighted by atomic mass is 16.4. The number of hydrogen-bond donors (Lipinski definition) is 3. The monoisotopic (exact) mass is 287 g/mol. The lowest BCUT2D eigenvalue weighted by atomic mass is 10.3. The fourth-order valence-electron chi connectivity index (χ4n) is 1.22. The van der Waals surface area contributed by atoms with Crippen LogP contribution in [0.5, 0.6) is 0 Å². The van der Waals surface area contributed by atoms with Crippen LogP contribution in [0, 0.1) is 0 Å². The van der Waals surface area contributed by atoms with Crippen molar-refractivity contribution in [3.63, 3.8) is 0 Å². The minimum absolute atomic E-state index is 0.0356. The van der Waals surface area contributed by atoms with Crippen molar-refractivity contribution in [3.05, 3.63) is 47.8 Å². The fraction of sp³-hybridized carbons (Fsp3) is 0. The summed E-state index contributed by atoms with van der Waals surface area (Å²) in [7, 11) is 0. The van der Waals surface area contributed by atoms with Gasteiger partial charge < -0.3 is 10.8 Å². The quantitative estimate of drug-likeness (QED) is 0.367. The standard InChI is InChI=1S/C11H9N7O3/c12-9(8-5-13-3-4-14-8)17-18-10(19)6-1-2-7(11(20)21)16-15-6/h1-5H,(H2,12,17)(H,18,19)(H,20,21). The second-order valence-corrected chi connectivity index (χ2v) is 3.64. The first-order valence-corrected chi connectivity index (χ1v) is 5.55. The third-order valence-electron chi connectivity index (χ3n) is 2.22.